The Labute approximate surface area is 98.3 Å². The number of hydrogen-bond acceptors (Lipinski definition) is 1. The number of hydrogen-bond donors (Lipinski definition) is 0. The summed E-state index contributed by atoms with van der Waals surface area (Å²) in [5.74, 6) is 0.517. The Kier molecular flexibility index (Phi) is 4.24. The van der Waals surface area contributed by atoms with E-state index in [1.54, 1.807) is 0 Å². The minimum Gasteiger partial charge on any atom is -0.309 e. The Morgan fingerprint density at radius 2 is 2.29 bits per heavy atom. The average Bonchev–Trinajstić information content (AvgIpc) is 2.20. The number of aliphatic imine (C=N–C) groups is 1. The van der Waals surface area contributed by atoms with Gasteiger partial charge < -0.3 is 4.99 Å². The third-order valence-corrected chi connectivity index (χ3v) is 2.26. The van der Waals surface area contributed by atoms with Crippen molar-refractivity contribution in [2.75, 3.05) is 0 Å². The summed E-state index contributed by atoms with van der Waals surface area (Å²) in [5.41, 5.74) is 2.28. The predicted octanol–water partition coefficient (Wildman–Crippen LogP) is 2.83. The van der Waals surface area contributed by atoms with Gasteiger partial charge >= 0.3 is 0 Å². The second kappa shape index (κ2) is 5.23. The van der Waals surface area contributed by atoms with Crippen LogP contribution in [0.25, 0.3) is 0 Å². The van der Waals surface area contributed by atoms with Crippen molar-refractivity contribution < 1.29 is 20.1 Å². The maximum absolute atomic E-state index is 4.39. The predicted molar refractivity (Wildman–Crippen MR) is 54.7 cm³/mol. The van der Waals surface area contributed by atoms with Crippen molar-refractivity contribution in [1.82, 2.24) is 0 Å². The van der Waals surface area contributed by atoms with Gasteiger partial charge in [-0.1, -0.05) is 13.0 Å². The molecule has 1 aromatic carbocycles. The van der Waals surface area contributed by atoms with E-state index in [0.717, 1.165) is 17.7 Å². The first-order chi connectivity index (χ1) is 6.38. The molecular weight excluding hydrogens is 350 g/mol. The molecule has 1 aromatic rings. The molecule has 0 N–H and O–H groups in total. The van der Waals surface area contributed by atoms with Crippen LogP contribution in [0.4, 0.5) is 0 Å². The molecule has 0 bridgehead atoms. The van der Waals surface area contributed by atoms with Gasteiger partial charge in [-0.15, -0.1) is 35.9 Å². The van der Waals surface area contributed by atoms with Crippen molar-refractivity contribution in [3.63, 3.8) is 0 Å². The van der Waals surface area contributed by atoms with Gasteiger partial charge in [0.05, 0.1) is 0 Å². The quantitative estimate of drug-likeness (QED) is 0.682. The Morgan fingerprint density at radius 1 is 1.43 bits per heavy atom. The van der Waals surface area contributed by atoms with Crippen molar-refractivity contribution in [2.24, 2.45) is 10.9 Å². The largest absolute Gasteiger partial charge is 0.309 e. The van der Waals surface area contributed by atoms with Crippen molar-refractivity contribution in [3.8, 4) is 0 Å². The third kappa shape index (κ3) is 2.40. The number of allylic oxidation sites excluding steroid dienone is 1. The van der Waals surface area contributed by atoms with Gasteiger partial charge in [0.15, 0.2) is 0 Å². The van der Waals surface area contributed by atoms with Gasteiger partial charge in [0, 0.05) is 26.3 Å². The monoisotopic (exact) mass is 363 g/mol. The third-order valence-electron chi connectivity index (χ3n) is 2.26. The normalized spacial score (nSPS) is 19.8. The van der Waals surface area contributed by atoms with E-state index >= 15 is 0 Å². The molecular formula is C12H12IrN-. The minimum atomic E-state index is 0. The standard InChI is InChI=1S/C12H12N.Ir/c1-10-6-5-9-13-12(10)11-7-3-2-4-8-11;/h2-5,7,9-10H,6H2,1H3;/q-1;. The summed E-state index contributed by atoms with van der Waals surface area (Å²) >= 11 is 0. The fraction of sp³-hybridized carbons (Fsp3) is 0.250. The van der Waals surface area contributed by atoms with Crippen LogP contribution < -0.4 is 0 Å². The molecule has 75 valence electrons. The molecule has 14 heavy (non-hydrogen) atoms. The fourth-order valence-corrected chi connectivity index (χ4v) is 1.52. The number of benzene rings is 1. The van der Waals surface area contributed by atoms with Gasteiger partial charge in [0.25, 0.3) is 0 Å². The van der Waals surface area contributed by atoms with Crippen molar-refractivity contribution >= 4 is 5.71 Å². The van der Waals surface area contributed by atoms with E-state index in [0.29, 0.717) is 5.92 Å². The summed E-state index contributed by atoms with van der Waals surface area (Å²) in [4.78, 5) is 4.39. The van der Waals surface area contributed by atoms with Crippen LogP contribution in [0.2, 0.25) is 0 Å². The van der Waals surface area contributed by atoms with E-state index in [1.165, 1.54) is 0 Å². The first kappa shape index (κ1) is 11.4. The summed E-state index contributed by atoms with van der Waals surface area (Å²) in [6.45, 7) is 2.20. The van der Waals surface area contributed by atoms with Gasteiger partial charge in [-0.2, -0.15) is 0 Å². The molecule has 1 atom stereocenters. The first-order valence-electron chi connectivity index (χ1n) is 4.58. The summed E-state index contributed by atoms with van der Waals surface area (Å²) in [6, 6.07) is 11.2. The summed E-state index contributed by atoms with van der Waals surface area (Å²) < 4.78 is 0. The van der Waals surface area contributed by atoms with Gasteiger partial charge in [0.1, 0.15) is 0 Å². The van der Waals surface area contributed by atoms with Crippen LogP contribution in [0.1, 0.15) is 18.9 Å². The van der Waals surface area contributed by atoms with Crippen LogP contribution >= 0.6 is 0 Å². The topological polar surface area (TPSA) is 12.4 Å². The zero-order chi connectivity index (χ0) is 9.10. The van der Waals surface area contributed by atoms with Gasteiger partial charge in [-0.05, 0) is 18.1 Å². The van der Waals surface area contributed by atoms with Crippen LogP contribution in [-0.4, -0.2) is 5.71 Å². The molecule has 1 radical (unpaired) electrons. The molecule has 0 aromatic heterocycles. The van der Waals surface area contributed by atoms with Crippen LogP contribution in [0, 0.1) is 12.0 Å². The molecule has 0 saturated heterocycles. The molecule has 1 aliphatic heterocycles. The Bertz CT molecular complexity index is 341. The average molecular weight is 362 g/mol. The zero-order valence-electron chi connectivity index (χ0n) is 8.03. The molecule has 0 fully saturated rings. The smallest absolute Gasteiger partial charge is 0.0117 e. The molecule has 1 unspecified atom stereocenters. The number of nitrogens with zero attached hydrogens (tertiary/aromatic N) is 1. The Hall–Kier alpha value is -0.721. The minimum absolute atomic E-state index is 0. The molecule has 1 nitrogen and oxygen atoms in total. The van der Waals surface area contributed by atoms with Gasteiger partial charge in [-0.25, -0.2) is 0 Å². The molecule has 1 heterocycles. The molecule has 0 saturated carbocycles. The molecule has 2 rings (SSSR count). The van der Waals surface area contributed by atoms with E-state index in [2.05, 4.69) is 30.1 Å². The number of rotatable bonds is 1. The molecule has 0 aliphatic carbocycles. The van der Waals surface area contributed by atoms with E-state index < -0.39 is 0 Å². The molecule has 1 aliphatic rings. The SMILES string of the molecule is CC1CC=CN=C1c1[c-]cccc1.[Ir]. The van der Waals surface area contributed by atoms with Crippen molar-refractivity contribution in [2.45, 2.75) is 13.3 Å². The second-order valence-electron chi connectivity index (χ2n) is 3.31. The molecule has 2 heteroatoms. The Morgan fingerprint density at radius 3 is 2.93 bits per heavy atom. The van der Waals surface area contributed by atoms with Crippen molar-refractivity contribution in [1.29, 1.82) is 0 Å². The summed E-state index contributed by atoms with van der Waals surface area (Å²) in [5, 5.41) is 0. The van der Waals surface area contributed by atoms with Crippen LogP contribution in [0.3, 0.4) is 0 Å². The maximum Gasteiger partial charge on any atom is 0.0117 e. The van der Waals surface area contributed by atoms with Crippen LogP contribution in [0.5, 0.6) is 0 Å². The van der Waals surface area contributed by atoms with Crippen LogP contribution in [-0.2, 0) is 20.1 Å². The Balaban J connectivity index is 0.000000980. The zero-order valence-corrected chi connectivity index (χ0v) is 10.4. The van der Waals surface area contributed by atoms with E-state index in [9.17, 15) is 0 Å². The van der Waals surface area contributed by atoms with Gasteiger partial charge in [-0.3, -0.25) is 0 Å². The second-order valence-corrected chi connectivity index (χ2v) is 3.31. The summed E-state index contributed by atoms with van der Waals surface area (Å²) in [6.07, 6.45) is 5.08. The molecule has 0 amide bonds. The van der Waals surface area contributed by atoms with E-state index in [-0.39, 0.29) is 20.1 Å². The maximum atomic E-state index is 4.39. The molecule has 0 spiro atoms. The van der Waals surface area contributed by atoms with Crippen LogP contribution in [0.15, 0.2) is 41.5 Å². The summed E-state index contributed by atoms with van der Waals surface area (Å²) in [7, 11) is 0. The first-order valence-corrected chi connectivity index (χ1v) is 4.58. The van der Waals surface area contributed by atoms with Gasteiger partial charge in [0.2, 0.25) is 0 Å². The fourth-order valence-electron chi connectivity index (χ4n) is 1.52. The van der Waals surface area contributed by atoms with Crippen molar-refractivity contribution in [3.05, 3.63) is 48.2 Å². The van der Waals surface area contributed by atoms with E-state index in [4.69, 9.17) is 0 Å². The van der Waals surface area contributed by atoms with E-state index in [1.807, 2.05) is 24.4 Å².